The Kier molecular flexibility index (Phi) is 8.44. The summed E-state index contributed by atoms with van der Waals surface area (Å²) in [6, 6.07) is 3.94. The molecule has 0 fully saturated rings. The molecule has 1 rings (SSSR count). The molecule has 0 aliphatic carbocycles. The van der Waals surface area contributed by atoms with Gasteiger partial charge >= 0.3 is 12.1 Å². The van der Waals surface area contributed by atoms with Gasteiger partial charge in [0.15, 0.2) is 0 Å². The lowest BCUT2D eigenvalue weighted by molar-refractivity contribution is -0.158. The molecule has 8 heteroatoms. The van der Waals surface area contributed by atoms with E-state index < -0.39 is 29.4 Å². The molecule has 0 aliphatic rings. The fraction of sp³-hybridized carbons (Fsp3) is 0.524. The minimum atomic E-state index is -4.42. The van der Waals surface area contributed by atoms with Crippen molar-refractivity contribution in [2.24, 2.45) is 0 Å². The van der Waals surface area contributed by atoms with Gasteiger partial charge in [0, 0.05) is 13.6 Å². The summed E-state index contributed by atoms with van der Waals surface area (Å²) in [5.74, 6) is -0.904. The van der Waals surface area contributed by atoms with Crippen LogP contribution in [0.5, 0.6) is 0 Å². The summed E-state index contributed by atoms with van der Waals surface area (Å²) in [6.45, 7) is 10.9. The first kappa shape index (κ1) is 24.7. The molecular formula is C21H29F3N2O3. The first-order chi connectivity index (χ1) is 13.2. The zero-order chi connectivity index (χ0) is 22.4. The molecule has 0 unspecified atom stereocenters. The average molecular weight is 414 g/mol. The van der Waals surface area contributed by atoms with E-state index in [0.717, 1.165) is 17.7 Å². The Hall–Kier alpha value is -2.35. The van der Waals surface area contributed by atoms with Crippen LogP contribution in [0.15, 0.2) is 36.4 Å². The van der Waals surface area contributed by atoms with E-state index in [1.807, 2.05) is 0 Å². The Bertz CT molecular complexity index is 722. The number of halogens is 3. The fourth-order valence-electron chi connectivity index (χ4n) is 2.52. The van der Waals surface area contributed by atoms with E-state index in [0.29, 0.717) is 12.1 Å². The summed E-state index contributed by atoms with van der Waals surface area (Å²) >= 11 is 0. The number of likely N-dealkylation sites (N-methyl/N-ethyl adjacent to an activating group) is 1. The van der Waals surface area contributed by atoms with Gasteiger partial charge in [-0.3, -0.25) is 9.59 Å². The van der Waals surface area contributed by atoms with Crippen LogP contribution in [0.2, 0.25) is 0 Å². The highest BCUT2D eigenvalue weighted by atomic mass is 19.4. The van der Waals surface area contributed by atoms with E-state index in [1.54, 1.807) is 27.7 Å². The van der Waals surface area contributed by atoms with Gasteiger partial charge in [-0.15, -0.1) is 0 Å². The van der Waals surface area contributed by atoms with Crippen LogP contribution in [-0.2, 0) is 26.9 Å². The van der Waals surface area contributed by atoms with E-state index in [2.05, 4.69) is 11.9 Å². The number of hydrogen-bond donors (Lipinski definition) is 1. The van der Waals surface area contributed by atoms with Gasteiger partial charge < -0.3 is 15.0 Å². The van der Waals surface area contributed by atoms with Crippen molar-refractivity contribution < 1.29 is 27.5 Å². The number of nitrogens with zero attached hydrogens (tertiary/aromatic N) is 1. The van der Waals surface area contributed by atoms with Crippen molar-refractivity contribution in [1.82, 2.24) is 10.2 Å². The maximum atomic E-state index is 12.8. The SMILES string of the molecule is C=C(C)CN[C@@H](Cc1ccc(C(F)(F)F)cc1)C(=O)N(C)CC(=O)OC(C)(C)C. The smallest absolute Gasteiger partial charge is 0.416 e. The van der Waals surface area contributed by atoms with E-state index in [1.165, 1.54) is 24.1 Å². The molecule has 0 aromatic heterocycles. The number of carbonyl (C=O) groups is 2. The van der Waals surface area contributed by atoms with Crippen molar-refractivity contribution in [3.8, 4) is 0 Å². The molecule has 0 saturated carbocycles. The molecule has 0 spiro atoms. The molecule has 1 N–H and O–H groups in total. The first-order valence-electron chi connectivity index (χ1n) is 9.20. The monoisotopic (exact) mass is 414 g/mol. The van der Waals surface area contributed by atoms with Gasteiger partial charge in [0.2, 0.25) is 5.91 Å². The largest absolute Gasteiger partial charge is 0.459 e. The van der Waals surface area contributed by atoms with Gasteiger partial charge in [-0.05, 0) is 51.8 Å². The van der Waals surface area contributed by atoms with Crippen LogP contribution < -0.4 is 5.32 Å². The molecule has 0 bridgehead atoms. The predicted molar refractivity (Wildman–Crippen MR) is 105 cm³/mol. The summed E-state index contributed by atoms with van der Waals surface area (Å²) in [6.07, 6.45) is -4.25. The fourth-order valence-corrected chi connectivity index (χ4v) is 2.52. The summed E-state index contributed by atoms with van der Waals surface area (Å²) in [5, 5.41) is 3.05. The molecule has 162 valence electrons. The van der Waals surface area contributed by atoms with Crippen molar-refractivity contribution in [3.63, 3.8) is 0 Å². The maximum Gasteiger partial charge on any atom is 0.416 e. The van der Waals surface area contributed by atoms with Crippen molar-refractivity contribution in [2.75, 3.05) is 20.1 Å². The van der Waals surface area contributed by atoms with Gasteiger partial charge in [-0.1, -0.05) is 24.3 Å². The van der Waals surface area contributed by atoms with E-state index in [-0.39, 0.29) is 18.9 Å². The standard InChI is InChI=1S/C21H29F3N2O3/c1-14(2)12-25-17(11-15-7-9-16(10-8-15)21(22,23)24)19(28)26(6)13-18(27)29-20(3,4)5/h7-10,17,25H,1,11-13H2,2-6H3/t17-/m0/s1. The van der Waals surface area contributed by atoms with Gasteiger partial charge in [0.1, 0.15) is 12.1 Å². The molecule has 0 heterocycles. The van der Waals surface area contributed by atoms with Gasteiger partial charge in [-0.2, -0.15) is 13.2 Å². The molecule has 5 nitrogen and oxygen atoms in total. The Balaban J connectivity index is 2.89. The average Bonchev–Trinajstić information content (AvgIpc) is 2.55. The summed E-state index contributed by atoms with van der Waals surface area (Å²) in [5.41, 5.74) is -0.0546. The van der Waals surface area contributed by atoms with Crippen molar-refractivity contribution >= 4 is 11.9 Å². The summed E-state index contributed by atoms with van der Waals surface area (Å²) in [4.78, 5) is 26.1. The number of ether oxygens (including phenoxy) is 1. The zero-order valence-electron chi connectivity index (χ0n) is 17.5. The third kappa shape index (κ3) is 9.13. The summed E-state index contributed by atoms with van der Waals surface area (Å²) < 4.78 is 43.4. The number of alkyl halides is 3. The van der Waals surface area contributed by atoms with Crippen LogP contribution in [0.25, 0.3) is 0 Å². The summed E-state index contributed by atoms with van der Waals surface area (Å²) in [7, 11) is 1.48. The Morgan fingerprint density at radius 3 is 2.17 bits per heavy atom. The van der Waals surface area contributed by atoms with Crippen LogP contribution in [-0.4, -0.2) is 48.6 Å². The highest BCUT2D eigenvalue weighted by Crippen LogP contribution is 2.29. The van der Waals surface area contributed by atoms with Crippen LogP contribution >= 0.6 is 0 Å². The molecule has 0 aliphatic heterocycles. The van der Waals surface area contributed by atoms with Gasteiger partial charge in [0.05, 0.1) is 11.6 Å². The number of hydrogen-bond acceptors (Lipinski definition) is 4. The lowest BCUT2D eigenvalue weighted by Gasteiger charge is -2.26. The van der Waals surface area contributed by atoms with Crippen LogP contribution in [0.1, 0.15) is 38.8 Å². The van der Waals surface area contributed by atoms with E-state index >= 15 is 0 Å². The number of esters is 1. The molecule has 0 saturated heterocycles. The van der Waals surface area contributed by atoms with Crippen molar-refractivity contribution in [2.45, 2.75) is 51.9 Å². The number of amides is 1. The molecular weight excluding hydrogens is 385 g/mol. The minimum absolute atomic E-state index is 0.170. The second kappa shape index (κ2) is 9.91. The molecule has 1 amide bonds. The van der Waals surface area contributed by atoms with Crippen molar-refractivity contribution in [3.05, 3.63) is 47.5 Å². The van der Waals surface area contributed by atoms with Crippen LogP contribution in [0, 0.1) is 0 Å². The highest BCUT2D eigenvalue weighted by molar-refractivity contribution is 5.86. The second-order valence-corrected chi connectivity index (χ2v) is 8.07. The quantitative estimate of drug-likeness (QED) is 0.522. The lowest BCUT2D eigenvalue weighted by Crippen LogP contribution is -2.48. The minimum Gasteiger partial charge on any atom is -0.459 e. The Morgan fingerprint density at radius 1 is 1.17 bits per heavy atom. The highest BCUT2D eigenvalue weighted by Gasteiger charge is 2.30. The van der Waals surface area contributed by atoms with Crippen molar-refractivity contribution in [1.29, 1.82) is 0 Å². The predicted octanol–water partition coefficient (Wildman–Crippen LogP) is 3.58. The number of rotatable bonds is 8. The lowest BCUT2D eigenvalue weighted by atomic mass is 10.0. The second-order valence-electron chi connectivity index (χ2n) is 8.07. The van der Waals surface area contributed by atoms with Crippen LogP contribution in [0.3, 0.4) is 0 Å². The molecule has 1 aromatic carbocycles. The zero-order valence-corrected chi connectivity index (χ0v) is 17.5. The number of nitrogens with one attached hydrogen (secondary N) is 1. The molecule has 0 radical (unpaired) electrons. The first-order valence-corrected chi connectivity index (χ1v) is 9.20. The molecule has 1 atom stereocenters. The third-order valence-corrected chi connectivity index (χ3v) is 3.83. The molecule has 29 heavy (non-hydrogen) atoms. The van der Waals surface area contributed by atoms with E-state index in [9.17, 15) is 22.8 Å². The topological polar surface area (TPSA) is 58.6 Å². The van der Waals surface area contributed by atoms with Gasteiger partial charge in [-0.25, -0.2) is 0 Å². The normalized spacial score (nSPS) is 13.0. The molecule has 1 aromatic rings. The number of carbonyl (C=O) groups excluding carboxylic acids is 2. The maximum absolute atomic E-state index is 12.8. The van der Waals surface area contributed by atoms with Gasteiger partial charge in [0.25, 0.3) is 0 Å². The van der Waals surface area contributed by atoms with E-state index in [4.69, 9.17) is 4.74 Å². The number of benzene rings is 1. The Morgan fingerprint density at radius 2 is 1.72 bits per heavy atom. The third-order valence-electron chi connectivity index (χ3n) is 3.83. The van der Waals surface area contributed by atoms with Crippen LogP contribution in [0.4, 0.5) is 13.2 Å². The Labute approximate surface area is 169 Å².